The minimum absolute atomic E-state index is 0.0588. The topological polar surface area (TPSA) is 54.3 Å². The molecule has 3 aliphatic rings. The van der Waals surface area contributed by atoms with E-state index in [9.17, 15) is 13.6 Å². The number of aromatic nitrogens is 3. The lowest BCUT2D eigenvalue weighted by molar-refractivity contribution is 0.0166. The van der Waals surface area contributed by atoms with Crippen molar-refractivity contribution in [2.75, 3.05) is 22.9 Å². The standard InChI is InChI=1S/C20H20F2N2O.C8H13N3/c1-20(21,22)18-9-5-8-16-17(18)13-24(19(16)25)15-7-4-6-14(12-15)23-10-2-3-11-23;1-6-3-7(4-6)8-10-9-5-11(8)2/h4-9,12H,2-3,10-11,13H2,1H3;5-7H,3-4H2,1-2H3. The Labute approximate surface area is 210 Å². The minimum Gasteiger partial charge on any atom is -0.371 e. The molecule has 2 aliphatic heterocycles. The summed E-state index contributed by atoms with van der Waals surface area (Å²) in [7, 11) is 2.01. The number of halogens is 2. The minimum atomic E-state index is -2.96. The molecule has 190 valence electrons. The number of nitrogens with zero attached hydrogens (tertiary/aromatic N) is 5. The average molecular weight is 494 g/mol. The van der Waals surface area contributed by atoms with Crippen LogP contribution in [-0.4, -0.2) is 33.8 Å². The molecule has 1 saturated carbocycles. The van der Waals surface area contributed by atoms with Crippen molar-refractivity contribution in [1.29, 1.82) is 0 Å². The van der Waals surface area contributed by atoms with Crippen LogP contribution in [0.5, 0.6) is 0 Å². The van der Waals surface area contributed by atoms with Gasteiger partial charge in [-0.25, -0.2) is 8.78 Å². The molecule has 0 spiro atoms. The van der Waals surface area contributed by atoms with Crippen LogP contribution in [0.1, 0.15) is 72.8 Å². The van der Waals surface area contributed by atoms with Crippen LogP contribution in [0, 0.1) is 5.92 Å². The maximum absolute atomic E-state index is 13.9. The van der Waals surface area contributed by atoms with Crippen LogP contribution in [0.25, 0.3) is 0 Å². The number of aryl methyl sites for hydroxylation is 1. The van der Waals surface area contributed by atoms with Crippen LogP contribution < -0.4 is 9.80 Å². The van der Waals surface area contributed by atoms with Gasteiger partial charge in [0.25, 0.3) is 11.8 Å². The van der Waals surface area contributed by atoms with E-state index >= 15 is 0 Å². The van der Waals surface area contributed by atoms with Crippen LogP contribution in [0.4, 0.5) is 20.2 Å². The molecule has 0 unspecified atom stereocenters. The number of benzene rings is 2. The Kier molecular flexibility index (Phi) is 6.53. The molecule has 0 radical (unpaired) electrons. The van der Waals surface area contributed by atoms with Gasteiger partial charge in [-0.2, -0.15) is 0 Å². The lowest BCUT2D eigenvalue weighted by Gasteiger charge is -2.31. The largest absolute Gasteiger partial charge is 0.371 e. The summed E-state index contributed by atoms with van der Waals surface area (Å²) in [6.07, 6.45) is 6.69. The Hall–Kier alpha value is -3.29. The summed E-state index contributed by atoms with van der Waals surface area (Å²) >= 11 is 0. The second kappa shape index (κ2) is 9.64. The molecule has 3 aromatic rings. The molecular formula is C28H33F2N5O. The highest BCUT2D eigenvalue weighted by Gasteiger charge is 2.36. The van der Waals surface area contributed by atoms with E-state index in [1.165, 1.54) is 37.8 Å². The van der Waals surface area contributed by atoms with E-state index in [4.69, 9.17) is 0 Å². The molecule has 6 rings (SSSR count). The van der Waals surface area contributed by atoms with E-state index in [0.29, 0.717) is 17.0 Å². The number of carbonyl (C=O) groups excluding carboxylic acids is 1. The van der Waals surface area contributed by atoms with E-state index < -0.39 is 5.92 Å². The maximum atomic E-state index is 13.9. The van der Waals surface area contributed by atoms with Crippen LogP contribution in [0.2, 0.25) is 0 Å². The highest BCUT2D eigenvalue weighted by molar-refractivity contribution is 6.10. The number of hydrogen-bond acceptors (Lipinski definition) is 4. The third-order valence-electron chi connectivity index (χ3n) is 7.54. The predicted molar refractivity (Wildman–Crippen MR) is 137 cm³/mol. The van der Waals surface area contributed by atoms with Crippen molar-refractivity contribution in [3.8, 4) is 0 Å². The van der Waals surface area contributed by atoms with E-state index in [1.807, 2.05) is 35.9 Å². The lowest BCUT2D eigenvalue weighted by Crippen LogP contribution is -2.24. The number of carbonyl (C=O) groups is 1. The summed E-state index contributed by atoms with van der Waals surface area (Å²) < 4.78 is 29.8. The first-order valence-electron chi connectivity index (χ1n) is 12.7. The summed E-state index contributed by atoms with van der Waals surface area (Å²) in [6.45, 7) is 5.39. The predicted octanol–water partition coefficient (Wildman–Crippen LogP) is 5.89. The number of alkyl halides is 2. The number of anilines is 2. The Morgan fingerprint density at radius 3 is 2.36 bits per heavy atom. The highest BCUT2D eigenvalue weighted by Crippen LogP contribution is 2.40. The van der Waals surface area contributed by atoms with Gasteiger partial charge in [0.05, 0.1) is 6.54 Å². The van der Waals surface area contributed by atoms with E-state index in [0.717, 1.165) is 43.1 Å². The molecule has 1 aliphatic carbocycles. The van der Waals surface area contributed by atoms with Crippen molar-refractivity contribution in [1.82, 2.24) is 14.8 Å². The van der Waals surface area contributed by atoms with Gasteiger partial charge in [-0.05, 0) is 61.4 Å². The number of rotatable bonds is 4. The Morgan fingerprint density at radius 2 is 1.72 bits per heavy atom. The van der Waals surface area contributed by atoms with Crippen LogP contribution in [0.3, 0.4) is 0 Å². The number of fused-ring (bicyclic) bond motifs is 1. The number of hydrogen-bond donors (Lipinski definition) is 0. The van der Waals surface area contributed by atoms with Crippen LogP contribution >= 0.6 is 0 Å². The Balaban J connectivity index is 0.000000202. The molecule has 1 amide bonds. The van der Waals surface area contributed by atoms with Crippen LogP contribution in [-0.2, 0) is 19.5 Å². The normalized spacial score (nSPS) is 21.2. The van der Waals surface area contributed by atoms with Crippen molar-refractivity contribution < 1.29 is 13.6 Å². The third kappa shape index (κ3) is 4.73. The second-order valence-electron chi connectivity index (χ2n) is 10.4. The second-order valence-corrected chi connectivity index (χ2v) is 10.4. The molecule has 36 heavy (non-hydrogen) atoms. The van der Waals surface area contributed by atoms with E-state index in [2.05, 4.69) is 22.0 Å². The molecular weight excluding hydrogens is 460 g/mol. The molecule has 3 heterocycles. The van der Waals surface area contributed by atoms with Gasteiger partial charge in [-0.3, -0.25) is 4.79 Å². The average Bonchev–Trinajstić information content (AvgIpc) is 3.58. The van der Waals surface area contributed by atoms with Crippen molar-refractivity contribution >= 4 is 17.3 Å². The fourth-order valence-corrected chi connectivity index (χ4v) is 5.56. The van der Waals surface area contributed by atoms with Gasteiger partial charge in [0.1, 0.15) is 12.2 Å². The summed E-state index contributed by atoms with van der Waals surface area (Å²) in [5.41, 5.74) is 2.60. The van der Waals surface area contributed by atoms with Gasteiger partial charge in [0, 0.05) is 55.5 Å². The summed E-state index contributed by atoms with van der Waals surface area (Å²) in [5.74, 6) is -0.448. The molecule has 1 saturated heterocycles. The monoisotopic (exact) mass is 493 g/mol. The van der Waals surface area contributed by atoms with Gasteiger partial charge in [0.15, 0.2) is 0 Å². The summed E-state index contributed by atoms with van der Waals surface area (Å²) in [4.78, 5) is 16.7. The molecule has 2 fully saturated rings. The molecule has 6 nitrogen and oxygen atoms in total. The molecule has 0 atom stereocenters. The first-order chi connectivity index (χ1) is 17.2. The Bertz CT molecular complexity index is 1240. The lowest BCUT2D eigenvalue weighted by atomic mass is 9.76. The van der Waals surface area contributed by atoms with Gasteiger partial charge >= 0.3 is 0 Å². The van der Waals surface area contributed by atoms with Crippen molar-refractivity contribution in [2.45, 2.75) is 57.9 Å². The molecule has 8 heteroatoms. The smallest absolute Gasteiger partial charge is 0.270 e. The first-order valence-corrected chi connectivity index (χ1v) is 12.7. The van der Waals surface area contributed by atoms with Crippen LogP contribution in [0.15, 0.2) is 48.8 Å². The van der Waals surface area contributed by atoms with Gasteiger partial charge < -0.3 is 14.4 Å². The van der Waals surface area contributed by atoms with Crippen molar-refractivity contribution in [3.63, 3.8) is 0 Å². The SMILES string of the molecule is CC(F)(F)c1cccc2c1CN(c1cccc(N3CCCC3)c1)C2=O.CC1CC(c2nncn2C)C1. The van der Waals surface area contributed by atoms with E-state index in [1.54, 1.807) is 17.3 Å². The Morgan fingerprint density at radius 1 is 1.03 bits per heavy atom. The van der Waals surface area contributed by atoms with E-state index in [-0.39, 0.29) is 18.0 Å². The molecule has 0 N–H and O–H groups in total. The molecule has 2 aromatic carbocycles. The maximum Gasteiger partial charge on any atom is 0.270 e. The molecule has 1 aromatic heterocycles. The third-order valence-corrected chi connectivity index (χ3v) is 7.54. The number of amides is 1. The van der Waals surface area contributed by atoms with Crippen molar-refractivity contribution in [3.05, 3.63) is 71.3 Å². The zero-order valence-electron chi connectivity index (χ0n) is 21.1. The summed E-state index contributed by atoms with van der Waals surface area (Å²) in [6, 6.07) is 12.4. The quantitative estimate of drug-likeness (QED) is 0.455. The summed E-state index contributed by atoms with van der Waals surface area (Å²) in [5, 5.41) is 7.95. The fourth-order valence-electron chi connectivity index (χ4n) is 5.56. The fraction of sp³-hybridized carbons (Fsp3) is 0.464. The van der Waals surface area contributed by atoms with Gasteiger partial charge in [-0.1, -0.05) is 25.1 Å². The zero-order valence-corrected chi connectivity index (χ0v) is 21.1. The van der Waals surface area contributed by atoms with Gasteiger partial charge in [0.2, 0.25) is 0 Å². The molecule has 0 bridgehead atoms. The first kappa shape index (κ1) is 24.4. The van der Waals surface area contributed by atoms with Gasteiger partial charge in [-0.15, -0.1) is 10.2 Å². The zero-order chi connectivity index (χ0) is 25.4. The highest BCUT2D eigenvalue weighted by atomic mass is 19.3. The van der Waals surface area contributed by atoms with Crippen molar-refractivity contribution in [2.24, 2.45) is 13.0 Å².